The summed E-state index contributed by atoms with van der Waals surface area (Å²) in [7, 11) is 2.82. The van der Waals surface area contributed by atoms with Crippen molar-refractivity contribution in [1.82, 2.24) is 0 Å². The van der Waals surface area contributed by atoms with Gasteiger partial charge < -0.3 is 19.1 Å². The molecule has 0 saturated carbocycles. The first-order valence-electron chi connectivity index (χ1n) is 8.00. The number of likely N-dealkylation sites (N-methyl/N-ethyl adjacent to an activating group) is 1. The zero-order chi connectivity index (χ0) is 20.0. The maximum absolute atomic E-state index is 12.4. The Morgan fingerprint density at radius 2 is 1.70 bits per heavy atom. The van der Waals surface area contributed by atoms with Crippen molar-refractivity contribution in [3.8, 4) is 11.5 Å². The minimum Gasteiger partial charge on any atom is -0.493 e. The maximum Gasteiger partial charge on any atom is 0.387 e. The molecular formula is C19H19F2NO5. The molecule has 0 aliphatic carbocycles. The Balaban J connectivity index is 2.08. The molecule has 1 atom stereocenters. The van der Waals surface area contributed by atoms with E-state index in [9.17, 15) is 18.4 Å². The van der Waals surface area contributed by atoms with Gasteiger partial charge in [-0.2, -0.15) is 8.78 Å². The summed E-state index contributed by atoms with van der Waals surface area (Å²) in [5.74, 6) is -1.47. The van der Waals surface area contributed by atoms with Crippen LogP contribution in [0.5, 0.6) is 11.5 Å². The van der Waals surface area contributed by atoms with Crippen molar-refractivity contribution in [2.75, 3.05) is 19.1 Å². The lowest BCUT2D eigenvalue weighted by molar-refractivity contribution is -0.126. The number of carbonyl (C=O) groups excluding carboxylic acids is 2. The van der Waals surface area contributed by atoms with Gasteiger partial charge in [0.25, 0.3) is 5.91 Å². The normalized spacial score (nSPS) is 11.6. The van der Waals surface area contributed by atoms with Gasteiger partial charge in [-0.15, -0.1) is 0 Å². The molecule has 0 heterocycles. The van der Waals surface area contributed by atoms with Crippen molar-refractivity contribution in [3.63, 3.8) is 0 Å². The van der Waals surface area contributed by atoms with E-state index in [1.165, 1.54) is 37.1 Å². The summed E-state index contributed by atoms with van der Waals surface area (Å²) in [5.41, 5.74) is 0.691. The van der Waals surface area contributed by atoms with Gasteiger partial charge in [0.15, 0.2) is 17.6 Å². The standard InChI is InChI=1S/C19H19F2NO5/c1-12(17(23)22(2)14-7-5-4-6-8-14)26-18(24)13-9-10-15(27-19(20)21)16(11-13)25-3/h4-12,19H,1-3H3/t12-/m0/s1. The lowest BCUT2D eigenvalue weighted by Crippen LogP contribution is -2.37. The Morgan fingerprint density at radius 1 is 1.04 bits per heavy atom. The molecule has 0 aliphatic rings. The van der Waals surface area contributed by atoms with E-state index in [1.54, 1.807) is 31.3 Å². The van der Waals surface area contributed by atoms with Crippen molar-refractivity contribution >= 4 is 17.6 Å². The number of nitrogens with zero attached hydrogens (tertiary/aromatic N) is 1. The summed E-state index contributed by atoms with van der Waals surface area (Å²) >= 11 is 0. The molecule has 0 aliphatic heterocycles. The lowest BCUT2D eigenvalue weighted by atomic mass is 10.2. The van der Waals surface area contributed by atoms with Crippen molar-refractivity contribution in [2.24, 2.45) is 0 Å². The number of anilines is 1. The van der Waals surface area contributed by atoms with Crippen LogP contribution < -0.4 is 14.4 Å². The summed E-state index contributed by atoms with van der Waals surface area (Å²) in [6, 6.07) is 12.5. The maximum atomic E-state index is 12.4. The van der Waals surface area contributed by atoms with Crippen molar-refractivity contribution in [2.45, 2.75) is 19.6 Å². The number of methoxy groups -OCH3 is 1. The fraction of sp³-hybridized carbons (Fsp3) is 0.263. The van der Waals surface area contributed by atoms with Crippen LogP contribution >= 0.6 is 0 Å². The van der Waals surface area contributed by atoms with E-state index in [1.807, 2.05) is 6.07 Å². The minimum atomic E-state index is -3.03. The molecule has 0 aromatic heterocycles. The second-order valence-electron chi connectivity index (χ2n) is 5.52. The highest BCUT2D eigenvalue weighted by Gasteiger charge is 2.24. The smallest absolute Gasteiger partial charge is 0.387 e. The number of ether oxygens (including phenoxy) is 3. The lowest BCUT2D eigenvalue weighted by Gasteiger charge is -2.21. The van der Waals surface area contributed by atoms with Gasteiger partial charge in [0.2, 0.25) is 0 Å². The van der Waals surface area contributed by atoms with Crippen LogP contribution in [-0.2, 0) is 9.53 Å². The molecule has 0 fully saturated rings. The van der Waals surface area contributed by atoms with Crippen molar-refractivity contribution in [3.05, 3.63) is 54.1 Å². The number of para-hydroxylation sites is 1. The SMILES string of the molecule is COc1cc(C(=O)O[C@@H](C)C(=O)N(C)c2ccccc2)ccc1OC(F)F. The van der Waals surface area contributed by atoms with Crippen LogP contribution in [0.1, 0.15) is 17.3 Å². The second-order valence-corrected chi connectivity index (χ2v) is 5.52. The molecule has 0 spiro atoms. The van der Waals surface area contributed by atoms with Crippen LogP contribution in [0.25, 0.3) is 0 Å². The fourth-order valence-electron chi connectivity index (χ4n) is 2.32. The first-order valence-corrected chi connectivity index (χ1v) is 8.00. The van der Waals surface area contributed by atoms with Crippen LogP contribution in [0, 0.1) is 0 Å². The second kappa shape index (κ2) is 8.98. The van der Waals surface area contributed by atoms with E-state index in [2.05, 4.69) is 4.74 Å². The quantitative estimate of drug-likeness (QED) is 0.689. The summed E-state index contributed by atoms with van der Waals surface area (Å²) < 4.78 is 39.2. The Kier molecular flexibility index (Phi) is 6.70. The van der Waals surface area contributed by atoms with Gasteiger partial charge in [-0.05, 0) is 37.3 Å². The van der Waals surface area contributed by atoms with Crippen molar-refractivity contribution in [1.29, 1.82) is 0 Å². The molecule has 0 N–H and O–H groups in total. The van der Waals surface area contributed by atoms with Crippen LogP contribution in [0.15, 0.2) is 48.5 Å². The molecule has 1 amide bonds. The molecular weight excluding hydrogens is 360 g/mol. The highest BCUT2D eigenvalue weighted by molar-refractivity contribution is 5.98. The Hall–Kier alpha value is -3.16. The number of benzene rings is 2. The van der Waals surface area contributed by atoms with Crippen LogP contribution in [0.2, 0.25) is 0 Å². The third-order valence-corrected chi connectivity index (χ3v) is 3.72. The highest BCUT2D eigenvalue weighted by Crippen LogP contribution is 2.29. The number of alkyl halides is 2. The predicted molar refractivity (Wildman–Crippen MR) is 94.4 cm³/mol. The van der Waals surface area contributed by atoms with Gasteiger partial charge in [0.05, 0.1) is 12.7 Å². The number of carbonyl (C=O) groups is 2. The Morgan fingerprint density at radius 3 is 2.30 bits per heavy atom. The predicted octanol–water partition coefficient (Wildman–Crippen LogP) is 3.50. The Bertz CT molecular complexity index is 798. The molecule has 0 bridgehead atoms. The van der Waals surface area contributed by atoms with E-state index < -0.39 is 24.6 Å². The molecule has 2 rings (SSSR count). The topological polar surface area (TPSA) is 65.1 Å². The highest BCUT2D eigenvalue weighted by atomic mass is 19.3. The average Bonchev–Trinajstić information content (AvgIpc) is 2.67. The average molecular weight is 379 g/mol. The van der Waals surface area contributed by atoms with Crippen LogP contribution in [0.4, 0.5) is 14.5 Å². The van der Waals surface area contributed by atoms with E-state index in [4.69, 9.17) is 9.47 Å². The summed E-state index contributed by atoms with van der Waals surface area (Å²) in [6.07, 6.45) is -1.05. The van der Waals surface area contributed by atoms with E-state index in [0.29, 0.717) is 5.69 Å². The van der Waals surface area contributed by atoms with Gasteiger partial charge in [0, 0.05) is 12.7 Å². The fourth-order valence-corrected chi connectivity index (χ4v) is 2.32. The summed E-state index contributed by atoms with van der Waals surface area (Å²) in [4.78, 5) is 26.1. The number of esters is 1. The summed E-state index contributed by atoms with van der Waals surface area (Å²) in [5, 5.41) is 0. The van der Waals surface area contributed by atoms with Gasteiger partial charge >= 0.3 is 12.6 Å². The number of halogens is 2. The largest absolute Gasteiger partial charge is 0.493 e. The molecule has 27 heavy (non-hydrogen) atoms. The molecule has 0 saturated heterocycles. The Labute approximate surface area is 155 Å². The monoisotopic (exact) mass is 379 g/mol. The third-order valence-electron chi connectivity index (χ3n) is 3.72. The molecule has 2 aromatic carbocycles. The number of amides is 1. The minimum absolute atomic E-state index is 0.0375. The van der Waals surface area contributed by atoms with Gasteiger partial charge in [-0.25, -0.2) is 4.79 Å². The van der Waals surface area contributed by atoms with E-state index in [0.717, 1.165) is 0 Å². The van der Waals surface area contributed by atoms with Gasteiger partial charge in [-0.3, -0.25) is 4.79 Å². The molecule has 0 unspecified atom stereocenters. The van der Waals surface area contributed by atoms with E-state index in [-0.39, 0.29) is 17.1 Å². The summed E-state index contributed by atoms with van der Waals surface area (Å²) in [6.45, 7) is -1.58. The first-order chi connectivity index (χ1) is 12.8. The van der Waals surface area contributed by atoms with E-state index >= 15 is 0 Å². The number of hydrogen-bond acceptors (Lipinski definition) is 5. The van der Waals surface area contributed by atoms with Crippen LogP contribution in [-0.4, -0.2) is 38.7 Å². The zero-order valence-electron chi connectivity index (χ0n) is 15.0. The van der Waals surface area contributed by atoms with Crippen LogP contribution in [0.3, 0.4) is 0 Å². The first kappa shape index (κ1) is 20.2. The molecule has 2 aromatic rings. The molecule has 0 radical (unpaired) electrons. The number of hydrogen-bond donors (Lipinski definition) is 0. The zero-order valence-corrected chi connectivity index (χ0v) is 15.0. The van der Waals surface area contributed by atoms with Crippen molar-refractivity contribution < 1.29 is 32.6 Å². The number of rotatable bonds is 7. The third kappa shape index (κ3) is 5.16. The van der Waals surface area contributed by atoms with Gasteiger partial charge in [0.1, 0.15) is 0 Å². The molecule has 8 heteroatoms. The van der Waals surface area contributed by atoms with Gasteiger partial charge in [-0.1, -0.05) is 18.2 Å². The molecule has 144 valence electrons. The molecule has 6 nitrogen and oxygen atoms in total.